The van der Waals surface area contributed by atoms with E-state index < -0.39 is 0 Å². The van der Waals surface area contributed by atoms with E-state index in [0.29, 0.717) is 17.1 Å². The fourth-order valence-corrected chi connectivity index (χ4v) is 3.24. The van der Waals surface area contributed by atoms with Crippen molar-refractivity contribution in [3.05, 3.63) is 81.6 Å². The largest absolute Gasteiger partial charge is 0.302 e. The molecule has 112 valence electrons. The predicted molar refractivity (Wildman–Crippen MR) is 89.6 cm³/mol. The first-order valence-corrected chi connectivity index (χ1v) is 7.98. The summed E-state index contributed by atoms with van der Waals surface area (Å²) in [6.45, 7) is 0. The summed E-state index contributed by atoms with van der Waals surface area (Å²) in [5, 5.41) is 13.5. The highest BCUT2D eigenvalue weighted by Crippen LogP contribution is 2.17. The average Bonchev–Trinajstić information content (AvgIpc) is 3.00. The fraction of sp³-hybridized carbons (Fsp3) is 0.0588. The lowest BCUT2D eigenvalue weighted by Gasteiger charge is -1.98. The molecule has 23 heavy (non-hydrogen) atoms. The second-order valence-corrected chi connectivity index (χ2v) is 6.11. The van der Waals surface area contributed by atoms with Crippen LogP contribution in [0.25, 0.3) is 16.2 Å². The molecule has 2 heterocycles. The normalized spacial score (nSPS) is 11.0. The zero-order chi connectivity index (χ0) is 15.6. The molecule has 0 fully saturated rings. The van der Waals surface area contributed by atoms with Crippen LogP contribution in [0.3, 0.4) is 0 Å². The fourth-order valence-electron chi connectivity index (χ4n) is 2.37. The maximum Gasteiger partial charge on any atom is 0.302 e. The third-order valence-electron chi connectivity index (χ3n) is 3.48. The molecule has 2 aromatic carbocycles. The third kappa shape index (κ3) is 2.64. The molecule has 4 rings (SSSR count). The van der Waals surface area contributed by atoms with Gasteiger partial charge < -0.3 is 0 Å². The Bertz CT molecular complexity index is 1010. The zero-order valence-corrected chi connectivity index (χ0v) is 12.9. The Labute approximate surface area is 135 Å². The monoisotopic (exact) mass is 320 g/mol. The van der Waals surface area contributed by atoms with Crippen molar-refractivity contribution in [1.82, 2.24) is 19.8 Å². The lowest BCUT2D eigenvalue weighted by Crippen LogP contribution is -2.19. The van der Waals surface area contributed by atoms with E-state index >= 15 is 0 Å². The molecular weight excluding hydrogens is 308 g/mol. The molecule has 2 aromatic heterocycles. The molecule has 0 saturated carbocycles. The first-order chi connectivity index (χ1) is 11.3. The molecule has 0 radical (unpaired) electrons. The van der Waals surface area contributed by atoms with Crippen LogP contribution in [0.2, 0.25) is 0 Å². The minimum absolute atomic E-state index is 0.239. The summed E-state index contributed by atoms with van der Waals surface area (Å²) in [7, 11) is 0. The van der Waals surface area contributed by atoms with E-state index in [-0.39, 0.29) is 5.56 Å². The number of hydrogen-bond donors (Lipinski definition) is 0. The zero-order valence-electron chi connectivity index (χ0n) is 12.1. The number of nitrogens with zero attached hydrogens (tertiary/aromatic N) is 4. The Balaban J connectivity index is 1.78. The van der Waals surface area contributed by atoms with Gasteiger partial charge >= 0.3 is 5.56 Å². The highest BCUT2D eigenvalue weighted by Gasteiger charge is 2.13. The lowest BCUT2D eigenvalue weighted by atomic mass is 10.2. The van der Waals surface area contributed by atoms with Crippen LogP contribution in [0.4, 0.5) is 0 Å². The van der Waals surface area contributed by atoms with E-state index in [2.05, 4.69) is 15.3 Å². The van der Waals surface area contributed by atoms with Crippen LogP contribution >= 0.6 is 11.3 Å². The van der Waals surface area contributed by atoms with Crippen molar-refractivity contribution < 1.29 is 0 Å². The van der Waals surface area contributed by atoms with Gasteiger partial charge in [0.05, 0.1) is 0 Å². The van der Waals surface area contributed by atoms with Gasteiger partial charge in [-0.1, -0.05) is 72.0 Å². The highest BCUT2D eigenvalue weighted by molar-refractivity contribution is 7.16. The molecule has 0 spiro atoms. The van der Waals surface area contributed by atoms with Gasteiger partial charge in [0.2, 0.25) is 4.96 Å². The second-order valence-electron chi connectivity index (χ2n) is 5.07. The van der Waals surface area contributed by atoms with Crippen molar-refractivity contribution in [2.75, 3.05) is 0 Å². The van der Waals surface area contributed by atoms with E-state index in [1.807, 2.05) is 60.7 Å². The predicted octanol–water partition coefficient (Wildman–Crippen LogP) is 2.80. The maximum atomic E-state index is 12.6. The molecule has 0 aliphatic rings. The number of rotatable bonds is 3. The van der Waals surface area contributed by atoms with Gasteiger partial charge in [0.25, 0.3) is 0 Å². The topological polar surface area (TPSA) is 60.2 Å². The Morgan fingerprint density at radius 2 is 1.61 bits per heavy atom. The van der Waals surface area contributed by atoms with E-state index in [1.54, 1.807) is 0 Å². The molecule has 0 unspecified atom stereocenters. The Morgan fingerprint density at radius 1 is 0.913 bits per heavy atom. The summed E-state index contributed by atoms with van der Waals surface area (Å²) in [4.78, 5) is 13.1. The van der Waals surface area contributed by atoms with Crippen molar-refractivity contribution in [3.63, 3.8) is 0 Å². The van der Waals surface area contributed by atoms with Gasteiger partial charge in [-0.2, -0.15) is 9.61 Å². The Kier molecular flexibility index (Phi) is 3.44. The maximum absolute atomic E-state index is 12.6. The van der Waals surface area contributed by atoms with E-state index in [4.69, 9.17) is 0 Å². The third-order valence-corrected chi connectivity index (χ3v) is 4.38. The van der Waals surface area contributed by atoms with E-state index in [9.17, 15) is 4.79 Å². The molecule has 0 N–H and O–H groups in total. The Hall–Kier alpha value is -2.86. The highest BCUT2D eigenvalue weighted by atomic mass is 32.1. The molecule has 6 heteroatoms. The smallest absolute Gasteiger partial charge is 0.265 e. The van der Waals surface area contributed by atoms with Gasteiger partial charge in [-0.15, -0.1) is 10.2 Å². The summed E-state index contributed by atoms with van der Waals surface area (Å²) in [5.74, 6) is 0. The van der Waals surface area contributed by atoms with Gasteiger partial charge in [0, 0.05) is 12.0 Å². The van der Waals surface area contributed by atoms with Crippen molar-refractivity contribution in [3.8, 4) is 11.3 Å². The second kappa shape index (κ2) is 5.73. The minimum Gasteiger partial charge on any atom is -0.265 e. The number of aromatic nitrogens is 4. The quantitative estimate of drug-likeness (QED) is 0.582. The first kappa shape index (κ1) is 13.8. The van der Waals surface area contributed by atoms with Crippen LogP contribution in [0, 0.1) is 0 Å². The summed E-state index contributed by atoms with van der Waals surface area (Å²) >= 11 is 1.39. The summed E-state index contributed by atoms with van der Waals surface area (Å²) < 4.78 is 1.35. The average molecular weight is 320 g/mol. The SMILES string of the molecule is O=c1c(-c2ccccc2)nnc2sc(Cc3ccccc3)nn12. The van der Waals surface area contributed by atoms with Crippen LogP contribution in [0.15, 0.2) is 65.5 Å². The molecule has 0 atom stereocenters. The van der Waals surface area contributed by atoms with Crippen LogP contribution < -0.4 is 5.56 Å². The molecule has 0 amide bonds. The Morgan fingerprint density at radius 3 is 2.35 bits per heavy atom. The van der Waals surface area contributed by atoms with Gasteiger partial charge in [0.15, 0.2) is 5.69 Å². The molecule has 0 saturated heterocycles. The first-order valence-electron chi connectivity index (χ1n) is 7.16. The van der Waals surface area contributed by atoms with E-state index in [0.717, 1.165) is 16.1 Å². The number of benzene rings is 2. The van der Waals surface area contributed by atoms with Crippen LogP contribution in [-0.2, 0) is 6.42 Å². The number of fused-ring (bicyclic) bond motifs is 1. The molecule has 5 nitrogen and oxygen atoms in total. The van der Waals surface area contributed by atoms with Gasteiger partial charge in [0.1, 0.15) is 5.01 Å². The van der Waals surface area contributed by atoms with Gasteiger partial charge in [-0.05, 0) is 5.56 Å². The van der Waals surface area contributed by atoms with Crippen molar-refractivity contribution in [1.29, 1.82) is 0 Å². The minimum atomic E-state index is -0.239. The van der Waals surface area contributed by atoms with Crippen molar-refractivity contribution >= 4 is 16.3 Å². The van der Waals surface area contributed by atoms with Crippen LogP contribution in [0.1, 0.15) is 10.6 Å². The van der Waals surface area contributed by atoms with Crippen LogP contribution in [-0.4, -0.2) is 19.8 Å². The van der Waals surface area contributed by atoms with Crippen molar-refractivity contribution in [2.45, 2.75) is 6.42 Å². The van der Waals surface area contributed by atoms with Gasteiger partial charge in [-0.3, -0.25) is 4.79 Å². The van der Waals surface area contributed by atoms with Crippen LogP contribution in [0.5, 0.6) is 0 Å². The van der Waals surface area contributed by atoms with E-state index in [1.165, 1.54) is 15.9 Å². The molecule has 0 bridgehead atoms. The standard InChI is InChI=1S/C17H12N4OS/c22-16-15(13-9-5-2-6-10-13)18-19-17-21(16)20-14(23-17)11-12-7-3-1-4-8-12/h1-10H,11H2. The summed E-state index contributed by atoms with van der Waals surface area (Å²) in [6, 6.07) is 19.3. The van der Waals surface area contributed by atoms with Crippen molar-refractivity contribution in [2.24, 2.45) is 0 Å². The summed E-state index contributed by atoms with van der Waals surface area (Å²) in [6.07, 6.45) is 0.676. The molecule has 0 aliphatic heterocycles. The summed E-state index contributed by atoms with van der Waals surface area (Å²) in [5.41, 5.74) is 1.98. The lowest BCUT2D eigenvalue weighted by molar-refractivity contribution is 0.837. The molecule has 4 aromatic rings. The number of hydrogen-bond acceptors (Lipinski definition) is 5. The van der Waals surface area contributed by atoms with Gasteiger partial charge in [-0.25, -0.2) is 0 Å². The molecular formula is C17H12N4OS. The molecule has 0 aliphatic carbocycles.